The second-order valence-electron chi connectivity index (χ2n) is 4.96. The average molecular weight is 340 g/mol. The molecule has 2 aromatic rings. The zero-order valence-electron chi connectivity index (χ0n) is 12.2. The topological polar surface area (TPSA) is 29.9 Å². The van der Waals surface area contributed by atoms with Crippen molar-refractivity contribution in [3.8, 4) is 0 Å². The second-order valence-corrected chi connectivity index (χ2v) is 5.82. The molecule has 2 rings (SSSR count). The molecule has 0 aliphatic rings. The standard InChI is InChI=1S/C15H19BrFN3/c1-9-12(10(2)20(4)19-9)8-14(18-3)11-6-5-7-13(16)15(11)17/h5-7,14,18H,8H2,1-4H3. The van der Waals surface area contributed by atoms with Crippen LogP contribution in [0.1, 0.15) is 28.6 Å². The summed E-state index contributed by atoms with van der Waals surface area (Å²) >= 11 is 3.24. The lowest BCUT2D eigenvalue weighted by Gasteiger charge is -2.18. The molecule has 0 saturated carbocycles. The van der Waals surface area contributed by atoms with Crippen molar-refractivity contribution in [3.05, 3.63) is 51.0 Å². The van der Waals surface area contributed by atoms with E-state index in [1.54, 1.807) is 6.07 Å². The van der Waals surface area contributed by atoms with E-state index in [-0.39, 0.29) is 11.9 Å². The van der Waals surface area contributed by atoms with Gasteiger partial charge in [-0.15, -0.1) is 0 Å². The highest BCUT2D eigenvalue weighted by molar-refractivity contribution is 9.10. The summed E-state index contributed by atoms with van der Waals surface area (Å²) in [6.45, 7) is 4.03. The lowest BCUT2D eigenvalue weighted by Crippen LogP contribution is -2.20. The number of aromatic nitrogens is 2. The van der Waals surface area contributed by atoms with E-state index >= 15 is 0 Å². The van der Waals surface area contributed by atoms with E-state index in [2.05, 4.69) is 26.3 Å². The maximum atomic E-state index is 14.2. The minimum atomic E-state index is -0.203. The van der Waals surface area contributed by atoms with Crippen molar-refractivity contribution in [2.24, 2.45) is 7.05 Å². The Labute approximate surface area is 127 Å². The Kier molecular flexibility index (Phi) is 4.60. The summed E-state index contributed by atoms with van der Waals surface area (Å²) in [5, 5.41) is 7.62. The Morgan fingerprint density at radius 2 is 2.10 bits per heavy atom. The predicted molar refractivity (Wildman–Crippen MR) is 82.3 cm³/mol. The van der Waals surface area contributed by atoms with Crippen LogP contribution in [0.3, 0.4) is 0 Å². The average Bonchev–Trinajstić information content (AvgIpc) is 2.65. The number of benzene rings is 1. The fourth-order valence-electron chi connectivity index (χ4n) is 2.47. The van der Waals surface area contributed by atoms with Crippen LogP contribution in [0.5, 0.6) is 0 Å². The lowest BCUT2D eigenvalue weighted by atomic mass is 9.97. The maximum absolute atomic E-state index is 14.2. The van der Waals surface area contributed by atoms with Gasteiger partial charge in [-0.1, -0.05) is 12.1 Å². The summed E-state index contributed by atoms with van der Waals surface area (Å²) in [5.74, 6) is -0.203. The number of nitrogens with zero attached hydrogens (tertiary/aromatic N) is 2. The largest absolute Gasteiger partial charge is 0.313 e. The summed E-state index contributed by atoms with van der Waals surface area (Å²) in [6, 6.07) is 5.32. The van der Waals surface area contributed by atoms with Crippen LogP contribution in [0.25, 0.3) is 0 Å². The molecule has 1 unspecified atom stereocenters. The molecule has 1 N–H and O–H groups in total. The monoisotopic (exact) mass is 339 g/mol. The molecule has 1 aromatic carbocycles. The van der Waals surface area contributed by atoms with E-state index in [0.717, 1.165) is 17.8 Å². The second kappa shape index (κ2) is 6.06. The van der Waals surface area contributed by atoms with Gasteiger partial charge in [0.2, 0.25) is 0 Å². The number of hydrogen-bond acceptors (Lipinski definition) is 2. The van der Waals surface area contributed by atoms with Crippen LogP contribution in [0.4, 0.5) is 4.39 Å². The summed E-state index contributed by atoms with van der Waals surface area (Å²) in [5.41, 5.74) is 3.97. The van der Waals surface area contributed by atoms with E-state index in [4.69, 9.17) is 0 Å². The molecule has 0 aliphatic heterocycles. The van der Waals surface area contributed by atoms with Crippen molar-refractivity contribution in [1.82, 2.24) is 15.1 Å². The molecule has 0 amide bonds. The summed E-state index contributed by atoms with van der Waals surface area (Å²) in [4.78, 5) is 0. The molecule has 0 spiro atoms. The van der Waals surface area contributed by atoms with Gasteiger partial charge in [0.1, 0.15) is 5.82 Å². The molecule has 1 heterocycles. The summed E-state index contributed by atoms with van der Waals surface area (Å²) < 4.78 is 16.6. The highest BCUT2D eigenvalue weighted by atomic mass is 79.9. The molecule has 0 radical (unpaired) electrons. The third-order valence-corrected chi connectivity index (χ3v) is 4.38. The minimum absolute atomic E-state index is 0.0749. The van der Waals surface area contributed by atoms with E-state index in [1.807, 2.05) is 44.8 Å². The van der Waals surface area contributed by atoms with Crippen LogP contribution in [-0.2, 0) is 13.5 Å². The van der Waals surface area contributed by atoms with Gasteiger partial charge in [0.25, 0.3) is 0 Å². The van der Waals surface area contributed by atoms with Crippen LogP contribution in [0.2, 0.25) is 0 Å². The van der Waals surface area contributed by atoms with Gasteiger partial charge in [0.15, 0.2) is 0 Å². The van der Waals surface area contributed by atoms with Gasteiger partial charge >= 0.3 is 0 Å². The van der Waals surface area contributed by atoms with Gasteiger partial charge in [-0.3, -0.25) is 4.68 Å². The van der Waals surface area contributed by atoms with Gasteiger partial charge in [-0.25, -0.2) is 4.39 Å². The number of likely N-dealkylation sites (N-methyl/N-ethyl adjacent to an activating group) is 1. The van der Waals surface area contributed by atoms with Gasteiger partial charge in [-0.2, -0.15) is 5.10 Å². The zero-order valence-corrected chi connectivity index (χ0v) is 13.8. The smallest absolute Gasteiger partial charge is 0.142 e. The molecule has 0 aliphatic carbocycles. The number of halogens is 2. The van der Waals surface area contributed by atoms with Gasteiger partial charge in [-0.05, 0) is 54.9 Å². The Bertz CT molecular complexity index is 622. The molecule has 0 bridgehead atoms. The SMILES string of the molecule is CNC(Cc1c(C)nn(C)c1C)c1cccc(Br)c1F. The number of nitrogens with one attached hydrogen (secondary N) is 1. The molecule has 5 heteroatoms. The Morgan fingerprint density at radius 1 is 1.40 bits per heavy atom. The first-order valence-electron chi connectivity index (χ1n) is 6.56. The third-order valence-electron chi connectivity index (χ3n) is 3.77. The van der Waals surface area contributed by atoms with Gasteiger partial charge in [0, 0.05) is 24.3 Å². The predicted octanol–water partition coefficient (Wildman–Crippen LogP) is 3.44. The normalized spacial score (nSPS) is 12.7. The zero-order chi connectivity index (χ0) is 14.9. The molecule has 108 valence electrons. The molecular formula is C15H19BrFN3. The lowest BCUT2D eigenvalue weighted by molar-refractivity contribution is 0.529. The number of hydrogen-bond donors (Lipinski definition) is 1. The first kappa shape index (κ1) is 15.2. The summed E-state index contributed by atoms with van der Waals surface area (Å²) in [6.07, 6.45) is 0.718. The van der Waals surface area contributed by atoms with Crippen molar-refractivity contribution < 1.29 is 4.39 Å². The summed E-state index contributed by atoms with van der Waals surface area (Å²) in [7, 11) is 3.78. The van der Waals surface area contributed by atoms with Crippen molar-refractivity contribution in [1.29, 1.82) is 0 Å². The molecular weight excluding hydrogens is 321 g/mol. The molecule has 0 fully saturated rings. The highest BCUT2D eigenvalue weighted by Gasteiger charge is 2.19. The first-order valence-corrected chi connectivity index (χ1v) is 7.35. The fourth-order valence-corrected chi connectivity index (χ4v) is 2.86. The maximum Gasteiger partial charge on any atom is 0.142 e. The third kappa shape index (κ3) is 2.79. The van der Waals surface area contributed by atoms with E-state index in [9.17, 15) is 4.39 Å². The van der Waals surface area contributed by atoms with Crippen LogP contribution in [0.15, 0.2) is 22.7 Å². The number of aryl methyl sites for hydroxylation is 2. The Balaban J connectivity index is 2.36. The van der Waals surface area contributed by atoms with Crippen molar-refractivity contribution >= 4 is 15.9 Å². The first-order chi connectivity index (χ1) is 9.45. The number of rotatable bonds is 4. The van der Waals surface area contributed by atoms with Crippen molar-refractivity contribution in [2.45, 2.75) is 26.3 Å². The molecule has 0 saturated heterocycles. The van der Waals surface area contributed by atoms with E-state index in [0.29, 0.717) is 10.0 Å². The van der Waals surface area contributed by atoms with Crippen LogP contribution in [-0.4, -0.2) is 16.8 Å². The quantitative estimate of drug-likeness (QED) is 0.924. The highest BCUT2D eigenvalue weighted by Crippen LogP contribution is 2.27. The van der Waals surface area contributed by atoms with Crippen LogP contribution >= 0.6 is 15.9 Å². The molecule has 1 atom stereocenters. The van der Waals surface area contributed by atoms with E-state index < -0.39 is 0 Å². The van der Waals surface area contributed by atoms with Crippen molar-refractivity contribution in [2.75, 3.05) is 7.05 Å². The fraction of sp³-hybridized carbons (Fsp3) is 0.400. The van der Waals surface area contributed by atoms with Crippen LogP contribution < -0.4 is 5.32 Å². The minimum Gasteiger partial charge on any atom is -0.313 e. The molecule has 20 heavy (non-hydrogen) atoms. The Hall–Kier alpha value is -1.20. The van der Waals surface area contributed by atoms with Gasteiger partial charge in [0.05, 0.1) is 10.2 Å². The Morgan fingerprint density at radius 3 is 2.65 bits per heavy atom. The van der Waals surface area contributed by atoms with E-state index in [1.165, 1.54) is 5.56 Å². The van der Waals surface area contributed by atoms with Gasteiger partial charge < -0.3 is 5.32 Å². The molecule has 1 aromatic heterocycles. The van der Waals surface area contributed by atoms with Crippen LogP contribution in [0, 0.1) is 19.7 Å². The molecule has 3 nitrogen and oxygen atoms in total. The van der Waals surface area contributed by atoms with Crippen molar-refractivity contribution in [3.63, 3.8) is 0 Å².